The summed E-state index contributed by atoms with van der Waals surface area (Å²) in [6.45, 7) is 4.38. The van der Waals surface area contributed by atoms with Crippen molar-refractivity contribution in [3.8, 4) is 0 Å². The predicted octanol–water partition coefficient (Wildman–Crippen LogP) is 3.43. The molecule has 3 heteroatoms. The van der Waals surface area contributed by atoms with Crippen LogP contribution < -0.4 is 10.6 Å². The zero-order chi connectivity index (χ0) is 14.7. The summed E-state index contributed by atoms with van der Waals surface area (Å²) in [5, 5.41) is 0. The van der Waals surface area contributed by atoms with Crippen LogP contribution in [0, 0.1) is 6.92 Å². The smallest absolute Gasteiger partial charge is 0.131 e. The number of nitrogens with zero attached hydrogens (tertiary/aromatic N) is 2. The Labute approximate surface area is 126 Å². The van der Waals surface area contributed by atoms with Gasteiger partial charge in [-0.25, -0.2) is 4.98 Å². The van der Waals surface area contributed by atoms with E-state index in [0.717, 1.165) is 30.0 Å². The van der Waals surface area contributed by atoms with Gasteiger partial charge in [0.1, 0.15) is 5.82 Å². The van der Waals surface area contributed by atoms with Gasteiger partial charge in [0.25, 0.3) is 0 Å². The lowest BCUT2D eigenvalue weighted by atomic mass is 10.00. The summed E-state index contributed by atoms with van der Waals surface area (Å²) in [5.41, 5.74) is 9.79. The molecule has 21 heavy (non-hydrogen) atoms. The van der Waals surface area contributed by atoms with Crippen LogP contribution in [0.2, 0.25) is 0 Å². The van der Waals surface area contributed by atoms with Crippen LogP contribution >= 0.6 is 0 Å². The monoisotopic (exact) mass is 281 g/mol. The molecule has 1 aromatic heterocycles. The molecule has 2 heterocycles. The first-order valence-corrected chi connectivity index (χ1v) is 7.78. The molecule has 1 atom stereocenters. The largest absolute Gasteiger partial charge is 0.356 e. The molecule has 2 aromatic rings. The van der Waals surface area contributed by atoms with Gasteiger partial charge < -0.3 is 10.6 Å². The Morgan fingerprint density at radius 2 is 1.76 bits per heavy atom. The predicted molar refractivity (Wildman–Crippen MR) is 87.5 cm³/mol. The van der Waals surface area contributed by atoms with E-state index >= 15 is 0 Å². The number of hydrogen-bond acceptors (Lipinski definition) is 3. The summed E-state index contributed by atoms with van der Waals surface area (Å²) < 4.78 is 0. The fourth-order valence-electron chi connectivity index (χ4n) is 3.05. The third-order valence-electron chi connectivity index (χ3n) is 4.25. The molecular formula is C18H23N3. The number of anilines is 1. The van der Waals surface area contributed by atoms with Gasteiger partial charge in [0.05, 0.1) is 6.04 Å². The molecule has 3 nitrogen and oxygen atoms in total. The lowest BCUT2D eigenvalue weighted by Crippen LogP contribution is -2.31. The van der Waals surface area contributed by atoms with Gasteiger partial charge in [-0.2, -0.15) is 0 Å². The highest BCUT2D eigenvalue weighted by Gasteiger charge is 2.16. The van der Waals surface area contributed by atoms with Crippen LogP contribution in [0.5, 0.6) is 0 Å². The highest BCUT2D eigenvalue weighted by molar-refractivity contribution is 5.49. The van der Waals surface area contributed by atoms with E-state index in [-0.39, 0.29) is 6.04 Å². The molecule has 1 saturated heterocycles. The maximum atomic E-state index is 6.36. The van der Waals surface area contributed by atoms with Gasteiger partial charge in [-0.05, 0) is 48.9 Å². The van der Waals surface area contributed by atoms with E-state index < -0.39 is 0 Å². The van der Waals surface area contributed by atoms with Crippen molar-refractivity contribution in [1.82, 2.24) is 4.98 Å². The number of benzene rings is 1. The van der Waals surface area contributed by atoms with E-state index in [1.807, 2.05) is 24.4 Å². The van der Waals surface area contributed by atoms with Gasteiger partial charge in [0, 0.05) is 19.3 Å². The molecule has 0 saturated carbocycles. The molecule has 1 aliphatic heterocycles. The topological polar surface area (TPSA) is 42.1 Å². The van der Waals surface area contributed by atoms with E-state index in [2.05, 4.69) is 30.0 Å². The summed E-state index contributed by atoms with van der Waals surface area (Å²) in [7, 11) is 0. The lowest BCUT2D eigenvalue weighted by molar-refractivity contribution is 0.572. The van der Waals surface area contributed by atoms with E-state index in [4.69, 9.17) is 10.7 Å². The molecule has 0 spiro atoms. The van der Waals surface area contributed by atoms with Gasteiger partial charge in [0.2, 0.25) is 0 Å². The Kier molecular flexibility index (Phi) is 4.20. The second kappa shape index (κ2) is 6.27. The van der Waals surface area contributed by atoms with Gasteiger partial charge >= 0.3 is 0 Å². The zero-order valence-electron chi connectivity index (χ0n) is 12.6. The molecule has 0 bridgehead atoms. The summed E-state index contributed by atoms with van der Waals surface area (Å²) in [6, 6.07) is 12.3. The van der Waals surface area contributed by atoms with E-state index in [9.17, 15) is 0 Å². The average molecular weight is 281 g/mol. The molecule has 3 rings (SSSR count). The molecule has 0 aliphatic carbocycles. The molecule has 1 fully saturated rings. The third kappa shape index (κ3) is 3.08. The molecule has 0 radical (unpaired) electrons. The molecule has 0 unspecified atom stereocenters. The Morgan fingerprint density at radius 1 is 1.05 bits per heavy atom. The highest BCUT2D eigenvalue weighted by atomic mass is 15.2. The van der Waals surface area contributed by atoms with Gasteiger partial charge in [-0.15, -0.1) is 0 Å². The van der Waals surface area contributed by atoms with Crippen LogP contribution in [0.4, 0.5) is 5.82 Å². The van der Waals surface area contributed by atoms with Crippen molar-refractivity contribution in [2.24, 2.45) is 5.73 Å². The van der Waals surface area contributed by atoms with E-state index in [0.29, 0.717) is 0 Å². The Morgan fingerprint density at radius 3 is 2.43 bits per heavy atom. The second-order valence-corrected chi connectivity index (χ2v) is 5.85. The van der Waals surface area contributed by atoms with Gasteiger partial charge in [0.15, 0.2) is 0 Å². The van der Waals surface area contributed by atoms with Crippen LogP contribution in [0.15, 0.2) is 42.6 Å². The maximum Gasteiger partial charge on any atom is 0.131 e. The van der Waals surface area contributed by atoms with Crippen molar-refractivity contribution < 1.29 is 0 Å². The number of aryl methyl sites for hydroxylation is 1. The molecular weight excluding hydrogens is 258 g/mol. The fraction of sp³-hybridized carbons (Fsp3) is 0.389. The first kappa shape index (κ1) is 14.1. The Hall–Kier alpha value is -1.87. The summed E-state index contributed by atoms with van der Waals surface area (Å²) >= 11 is 0. The number of aromatic nitrogens is 1. The summed E-state index contributed by atoms with van der Waals surface area (Å²) in [5.74, 6) is 1.12. The minimum Gasteiger partial charge on any atom is -0.356 e. The average Bonchev–Trinajstić information content (AvgIpc) is 2.55. The Balaban J connectivity index is 1.83. The third-order valence-corrected chi connectivity index (χ3v) is 4.25. The Bertz CT molecular complexity index is 589. The first-order valence-electron chi connectivity index (χ1n) is 7.78. The van der Waals surface area contributed by atoms with E-state index in [1.54, 1.807) is 0 Å². The van der Waals surface area contributed by atoms with Gasteiger partial charge in [-0.3, -0.25) is 0 Å². The van der Waals surface area contributed by atoms with Crippen molar-refractivity contribution in [3.05, 3.63) is 59.3 Å². The molecule has 0 amide bonds. The minimum absolute atomic E-state index is 0.104. The molecule has 1 aliphatic rings. The van der Waals surface area contributed by atoms with Crippen molar-refractivity contribution in [3.63, 3.8) is 0 Å². The minimum atomic E-state index is -0.104. The van der Waals surface area contributed by atoms with Crippen LogP contribution in [-0.2, 0) is 0 Å². The van der Waals surface area contributed by atoms with Crippen molar-refractivity contribution >= 4 is 5.82 Å². The highest BCUT2D eigenvalue weighted by Crippen LogP contribution is 2.25. The SMILES string of the molecule is Cc1cc([C@H](N)c2ccccc2)cnc1N1CCCCC1. The molecule has 2 N–H and O–H groups in total. The van der Waals surface area contributed by atoms with E-state index in [1.165, 1.54) is 24.8 Å². The summed E-state index contributed by atoms with van der Waals surface area (Å²) in [6.07, 6.45) is 5.82. The fourth-order valence-corrected chi connectivity index (χ4v) is 3.05. The number of nitrogens with two attached hydrogens (primary N) is 1. The molecule has 110 valence electrons. The standard InChI is InChI=1S/C18H23N3/c1-14-12-16(17(19)15-8-4-2-5-9-15)13-20-18(14)21-10-6-3-7-11-21/h2,4-5,8-9,12-13,17H,3,6-7,10-11,19H2,1H3/t17-/m1/s1. The number of hydrogen-bond donors (Lipinski definition) is 1. The van der Waals surface area contributed by atoms with Crippen LogP contribution in [-0.4, -0.2) is 18.1 Å². The van der Waals surface area contributed by atoms with Crippen LogP contribution in [0.3, 0.4) is 0 Å². The molecule has 1 aromatic carbocycles. The quantitative estimate of drug-likeness (QED) is 0.937. The van der Waals surface area contributed by atoms with Crippen molar-refractivity contribution in [2.75, 3.05) is 18.0 Å². The lowest BCUT2D eigenvalue weighted by Gasteiger charge is -2.29. The second-order valence-electron chi connectivity index (χ2n) is 5.85. The van der Waals surface area contributed by atoms with Crippen LogP contribution in [0.1, 0.15) is 42.0 Å². The van der Waals surface area contributed by atoms with Crippen molar-refractivity contribution in [2.45, 2.75) is 32.2 Å². The van der Waals surface area contributed by atoms with Crippen molar-refractivity contribution in [1.29, 1.82) is 0 Å². The number of piperidine rings is 1. The normalized spacial score (nSPS) is 16.8. The number of rotatable bonds is 3. The zero-order valence-corrected chi connectivity index (χ0v) is 12.6. The number of pyridine rings is 1. The van der Waals surface area contributed by atoms with Crippen LogP contribution in [0.25, 0.3) is 0 Å². The maximum absolute atomic E-state index is 6.36. The first-order chi connectivity index (χ1) is 10.3. The summed E-state index contributed by atoms with van der Waals surface area (Å²) in [4.78, 5) is 7.09. The van der Waals surface area contributed by atoms with Gasteiger partial charge in [-0.1, -0.05) is 30.3 Å².